The SMILES string of the molecule is COc1ccc([C@@H]2CN(C(C)=O)CCN2C(=O)c2ccc(C)c(NCc3ccccn3)c2)cc1. The molecule has 7 heteroatoms. The number of carbonyl (C=O) groups excluding carboxylic acids is 2. The highest BCUT2D eigenvalue weighted by Crippen LogP contribution is 2.29. The summed E-state index contributed by atoms with van der Waals surface area (Å²) in [6.45, 7) is 5.61. The van der Waals surface area contributed by atoms with Crippen LogP contribution in [0.5, 0.6) is 5.75 Å². The molecule has 2 amide bonds. The number of pyridine rings is 1. The Morgan fingerprint density at radius 3 is 2.56 bits per heavy atom. The van der Waals surface area contributed by atoms with E-state index in [1.165, 1.54) is 0 Å². The molecule has 3 aromatic rings. The fraction of sp³-hybridized carbons (Fsp3) is 0.296. The highest BCUT2D eigenvalue weighted by atomic mass is 16.5. The molecule has 2 aromatic carbocycles. The Morgan fingerprint density at radius 2 is 1.88 bits per heavy atom. The standard InChI is InChI=1S/C27H30N4O3/c1-19-7-8-22(16-25(19)29-17-23-6-4-5-13-28-23)27(33)31-15-14-30(20(2)32)18-26(31)21-9-11-24(34-3)12-10-21/h4-13,16,26,29H,14-15,17-18H2,1-3H3/t26-/m0/s1. The quantitative estimate of drug-likeness (QED) is 0.603. The first-order valence-corrected chi connectivity index (χ1v) is 11.4. The van der Waals surface area contributed by atoms with Crippen LogP contribution >= 0.6 is 0 Å². The number of aryl methyl sites for hydroxylation is 1. The van der Waals surface area contributed by atoms with Gasteiger partial charge in [0.2, 0.25) is 5.91 Å². The number of nitrogens with zero attached hydrogens (tertiary/aromatic N) is 3. The average molecular weight is 459 g/mol. The van der Waals surface area contributed by atoms with Gasteiger partial charge in [0.25, 0.3) is 5.91 Å². The minimum atomic E-state index is -0.234. The lowest BCUT2D eigenvalue weighted by atomic mass is 10.00. The van der Waals surface area contributed by atoms with Crippen molar-refractivity contribution in [2.45, 2.75) is 26.4 Å². The topological polar surface area (TPSA) is 74.8 Å². The van der Waals surface area contributed by atoms with Crippen molar-refractivity contribution >= 4 is 17.5 Å². The van der Waals surface area contributed by atoms with Gasteiger partial charge in [0.05, 0.1) is 25.4 Å². The number of hydrogen-bond donors (Lipinski definition) is 1. The molecular formula is C27H30N4O3. The van der Waals surface area contributed by atoms with Crippen LogP contribution in [0.15, 0.2) is 66.9 Å². The summed E-state index contributed by atoms with van der Waals surface area (Å²) in [5.74, 6) is 0.717. The van der Waals surface area contributed by atoms with E-state index in [0.29, 0.717) is 31.7 Å². The predicted molar refractivity (Wildman–Crippen MR) is 132 cm³/mol. The van der Waals surface area contributed by atoms with Crippen LogP contribution in [0.2, 0.25) is 0 Å². The van der Waals surface area contributed by atoms with Crippen molar-refractivity contribution in [3.63, 3.8) is 0 Å². The molecule has 0 spiro atoms. The lowest BCUT2D eigenvalue weighted by Gasteiger charge is -2.41. The number of amides is 2. The van der Waals surface area contributed by atoms with Crippen LogP contribution in [0.1, 0.15) is 40.1 Å². The summed E-state index contributed by atoms with van der Waals surface area (Å²) in [5, 5.41) is 3.40. The van der Waals surface area contributed by atoms with Crippen molar-refractivity contribution in [1.29, 1.82) is 0 Å². The number of nitrogens with one attached hydrogen (secondary N) is 1. The first kappa shape index (κ1) is 23.3. The summed E-state index contributed by atoms with van der Waals surface area (Å²) in [6.07, 6.45) is 1.77. The van der Waals surface area contributed by atoms with Crippen molar-refractivity contribution in [3.05, 3.63) is 89.2 Å². The monoisotopic (exact) mass is 458 g/mol. The van der Waals surface area contributed by atoms with Gasteiger partial charge in [0.1, 0.15) is 5.75 Å². The summed E-state index contributed by atoms with van der Waals surface area (Å²) in [5.41, 5.74) is 4.48. The molecule has 1 aliphatic rings. The normalized spacial score (nSPS) is 15.7. The summed E-state index contributed by atoms with van der Waals surface area (Å²) in [6, 6.07) is 19.0. The second-order valence-electron chi connectivity index (χ2n) is 8.46. The number of methoxy groups -OCH3 is 1. The van der Waals surface area contributed by atoms with Gasteiger partial charge < -0.3 is 19.9 Å². The number of benzene rings is 2. The summed E-state index contributed by atoms with van der Waals surface area (Å²) >= 11 is 0. The molecule has 34 heavy (non-hydrogen) atoms. The molecule has 1 aliphatic heterocycles. The fourth-order valence-corrected chi connectivity index (χ4v) is 4.22. The molecule has 176 valence electrons. The van der Waals surface area contributed by atoms with Crippen molar-refractivity contribution in [1.82, 2.24) is 14.8 Å². The molecule has 0 unspecified atom stereocenters. The number of aromatic nitrogens is 1. The maximum absolute atomic E-state index is 13.7. The van der Waals surface area contributed by atoms with Gasteiger partial charge in [-0.05, 0) is 54.4 Å². The van der Waals surface area contributed by atoms with Crippen LogP contribution < -0.4 is 10.1 Å². The second-order valence-corrected chi connectivity index (χ2v) is 8.46. The number of piperazine rings is 1. The molecule has 4 rings (SSSR count). The Kier molecular flexibility index (Phi) is 7.11. The van der Waals surface area contributed by atoms with Gasteiger partial charge in [0, 0.05) is 44.0 Å². The zero-order chi connectivity index (χ0) is 24.1. The third kappa shape index (κ3) is 5.20. The van der Waals surface area contributed by atoms with Gasteiger partial charge in [-0.2, -0.15) is 0 Å². The van der Waals surface area contributed by atoms with E-state index < -0.39 is 0 Å². The maximum Gasteiger partial charge on any atom is 0.254 e. The van der Waals surface area contributed by atoms with E-state index in [0.717, 1.165) is 28.3 Å². The highest BCUT2D eigenvalue weighted by Gasteiger charge is 2.33. The Balaban J connectivity index is 1.58. The lowest BCUT2D eigenvalue weighted by molar-refractivity contribution is -0.131. The molecule has 0 aliphatic carbocycles. The largest absolute Gasteiger partial charge is 0.497 e. The highest BCUT2D eigenvalue weighted by molar-refractivity contribution is 5.96. The van der Waals surface area contributed by atoms with Crippen LogP contribution in [0.3, 0.4) is 0 Å². The van der Waals surface area contributed by atoms with Crippen LogP contribution in [0.25, 0.3) is 0 Å². The van der Waals surface area contributed by atoms with Crippen LogP contribution in [0, 0.1) is 6.92 Å². The smallest absolute Gasteiger partial charge is 0.254 e. The molecule has 1 atom stereocenters. The van der Waals surface area contributed by atoms with E-state index in [2.05, 4.69) is 10.3 Å². The Morgan fingerprint density at radius 1 is 1.09 bits per heavy atom. The molecule has 1 fully saturated rings. The zero-order valence-electron chi connectivity index (χ0n) is 19.8. The van der Waals surface area contributed by atoms with E-state index in [1.54, 1.807) is 25.1 Å². The minimum absolute atomic E-state index is 0.0157. The molecule has 2 heterocycles. The Labute approximate surface area is 200 Å². The lowest BCUT2D eigenvalue weighted by Crippen LogP contribution is -2.51. The summed E-state index contributed by atoms with van der Waals surface area (Å²) < 4.78 is 5.28. The van der Waals surface area contributed by atoms with Gasteiger partial charge in [-0.3, -0.25) is 14.6 Å². The van der Waals surface area contributed by atoms with Crippen molar-refractivity contribution in [2.75, 3.05) is 32.1 Å². The van der Waals surface area contributed by atoms with Gasteiger partial charge in [0.15, 0.2) is 0 Å². The average Bonchev–Trinajstić information content (AvgIpc) is 2.88. The molecule has 0 bridgehead atoms. The summed E-state index contributed by atoms with van der Waals surface area (Å²) in [7, 11) is 1.62. The molecule has 0 radical (unpaired) electrons. The van der Waals surface area contributed by atoms with Crippen molar-refractivity contribution in [3.8, 4) is 5.75 Å². The number of carbonyl (C=O) groups is 2. The number of rotatable bonds is 6. The molecule has 1 N–H and O–H groups in total. The first-order chi connectivity index (χ1) is 16.5. The van der Waals surface area contributed by atoms with Crippen LogP contribution in [0.4, 0.5) is 5.69 Å². The third-order valence-corrected chi connectivity index (χ3v) is 6.26. The Bertz CT molecular complexity index is 1150. The van der Waals surface area contributed by atoms with E-state index >= 15 is 0 Å². The molecule has 7 nitrogen and oxygen atoms in total. The summed E-state index contributed by atoms with van der Waals surface area (Å²) in [4.78, 5) is 33.8. The molecule has 1 aromatic heterocycles. The fourth-order valence-electron chi connectivity index (χ4n) is 4.22. The molecule has 0 saturated carbocycles. The van der Waals surface area contributed by atoms with Gasteiger partial charge in [-0.25, -0.2) is 0 Å². The van der Waals surface area contributed by atoms with Crippen LogP contribution in [-0.4, -0.2) is 53.3 Å². The number of hydrogen-bond acceptors (Lipinski definition) is 5. The number of ether oxygens (including phenoxy) is 1. The van der Waals surface area contributed by atoms with E-state index in [-0.39, 0.29) is 17.9 Å². The predicted octanol–water partition coefficient (Wildman–Crippen LogP) is 4.06. The number of anilines is 1. The maximum atomic E-state index is 13.7. The van der Waals surface area contributed by atoms with Crippen molar-refractivity contribution in [2.24, 2.45) is 0 Å². The third-order valence-electron chi connectivity index (χ3n) is 6.26. The van der Waals surface area contributed by atoms with Gasteiger partial charge in [-0.1, -0.05) is 24.3 Å². The second kappa shape index (κ2) is 10.4. The minimum Gasteiger partial charge on any atom is -0.497 e. The van der Waals surface area contributed by atoms with E-state index in [4.69, 9.17) is 4.74 Å². The molecule has 1 saturated heterocycles. The van der Waals surface area contributed by atoms with E-state index in [1.807, 2.05) is 72.5 Å². The van der Waals surface area contributed by atoms with E-state index in [9.17, 15) is 9.59 Å². The van der Waals surface area contributed by atoms with Crippen molar-refractivity contribution < 1.29 is 14.3 Å². The van der Waals surface area contributed by atoms with Gasteiger partial charge in [-0.15, -0.1) is 0 Å². The molecular weight excluding hydrogens is 428 g/mol. The zero-order valence-corrected chi connectivity index (χ0v) is 19.8. The Hall–Kier alpha value is -3.87. The van der Waals surface area contributed by atoms with Crippen LogP contribution in [-0.2, 0) is 11.3 Å². The van der Waals surface area contributed by atoms with Gasteiger partial charge >= 0.3 is 0 Å². The first-order valence-electron chi connectivity index (χ1n) is 11.4.